The Balaban J connectivity index is 1.47. The lowest BCUT2D eigenvalue weighted by molar-refractivity contribution is -0.167. The average molecular weight is 429 g/mol. The number of hydrogen-bond acceptors (Lipinski definition) is 4. The van der Waals surface area contributed by atoms with E-state index in [1.54, 1.807) is 0 Å². The van der Waals surface area contributed by atoms with Crippen LogP contribution in [0.2, 0.25) is 0 Å². The second kappa shape index (κ2) is 8.51. The van der Waals surface area contributed by atoms with Crippen molar-refractivity contribution in [1.29, 1.82) is 0 Å². The van der Waals surface area contributed by atoms with Crippen LogP contribution in [0.4, 0.5) is 0 Å². The second-order valence-corrected chi connectivity index (χ2v) is 11.2. The van der Waals surface area contributed by atoms with Crippen LogP contribution in [-0.4, -0.2) is 28.1 Å². The van der Waals surface area contributed by atoms with E-state index >= 15 is 0 Å². The Hall–Kier alpha value is -1.39. The number of carbonyl (C=O) groups is 1. The summed E-state index contributed by atoms with van der Waals surface area (Å²) in [6.45, 7) is 11.0. The van der Waals surface area contributed by atoms with Crippen molar-refractivity contribution in [2.24, 2.45) is 29.1 Å². The van der Waals surface area contributed by atoms with Crippen LogP contribution in [0.5, 0.6) is 0 Å². The summed E-state index contributed by atoms with van der Waals surface area (Å²) in [5.74, 6) is 0.242. The minimum absolute atomic E-state index is 0.0253. The van der Waals surface area contributed by atoms with Crippen molar-refractivity contribution in [2.75, 3.05) is 0 Å². The van der Waals surface area contributed by atoms with E-state index in [-0.39, 0.29) is 24.4 Å². The summed E-state index contributed by atoms with van der Waals surface area (Å²) in [5, 5.41) is 20.1. The highest BCUT2D eigenvalue weighted by Crippen LogP contribution is 2.60. The normalized spacial score (nSPS) is 41.5. The Morgan fingerprint density at radius 2 is 2.00 bits per heavy atom. The number of fused-ring (bicyclic) bond motifs is 1. The molecule has 0 aromatic carbocycles. The number of cyclic esters (lactones) is 1. The SMILES string of the molecule is C=C1CCC(O)(O)C/C1=C/C=C1CCC[C@@]2(C)C1CC[C@@H]2[C@H](C)CC1CC(C)C(=O)O1. The number of allylic oxidation sites excluding steroid dienone is 4. The first kappa shape index (κ1) is 22.8. The van der Waals surface area contributed by atoms with Gasteiger partial charge >= 0.3 is 5.97 Å². The van der Waals surface area contributed by atoms with Gasteiger partial charge in [-0.3, -0.25) is 4.79 Å². The zero-order valence-corrected chi connectivity index (χ0v) is 19.5. The van der Waals surface area contributed by atoms with Gasteiger partial charge in [0.05, 0.1) is 5.92 Å². The maximum absolute atomic E-state index is 11.8. The molecule has 4 rings (SSSR count). The van der Waals surface area contributed by atoms with Gasteiger partial charge in [0, 0.05) is 12.8 Å². The van der Waals surface area contributed by atoms with Gasteiger partial charge in [0.1, 0.15) is 6.10 Å². The maximum Gasteiger partial charge on any atom is 0.309 e. The molecule has 4 aliphatic rings. The van der Waals surface area contributed by atoms with Crippen molar-refractivity contribution in [3.05, 3.63) is 35.5 Å². The molecular weight excluding hydrogens is 388 g/mol. The monoisotopic (exact) mass is 428 g/mol. The molecule has 31 heavy (non-hydrogen) atoms. The Morgan fingerprint density at radius 3 is 2.71 bits per heavy atom. The van der Waals surface area contributed by atoms with Crippen LogP contribution in [-0.2, 0) is 9.53 Å². The Bertz CT molecular complexity index is 791. The molecule has 0 amide bonds. The van der Waals surface area contributed by atoms with E-state index in [1.807, 2.05) is 6.92 Å². The van der Waals surface area contributed by atoms with Crippen LogP contribution >= 0.6 is 0 Å². The Labute approximate surface area is 187 Å². The minimum atomic E-state index is -1.60. The molecule has 0 spiro atoms. The Morgan fingerprint density at radius 1 is 1.23 bits per heavy atom. The number of rotatable bonds is 4. The molecule has 4 heteroatoms. The van der Waals surface area contributed by atoms with E-state index < -0.39 is 5.79 Å². The van der Waals surface area contributed by atoms with Crippen molar-refractivity contribution < 1.29 is 19.7 Å². The highest BCUT2D eigenvalue weighted by atomic mass is 16.5. The molecule has 0 radical (unpaired) electrons. The summed E-state index contributed by atoms with van der Waals surface area (Å²) >= 11 is 0. The van der Waals surface area contributed by atoms with Crippen molar-refractivity contribution in [3.63, 3.8) is 0 Å². The van der Waals surface area contributed by atoms with Crippen LogP contribution in [0, 0.1) is 29.1 Å². The highest BCUT2D eigenvalue weighted by molar-refractivity contribution is 5.74. The molecular formula is C27H40O4. The first-order chi connectivity index (χ1) is 14.6. The molecule has 0 aromatic heterocycles. The van der Waals surface area contributed by atoms with Crippen molar-refractivity contribution >= 4 is 5.97 Å². The van der Waals surface area contributed by atoms with Crippen molar-refractivity contribution in [3.8, 4) is 0 Å². The van der Waals surface area contributed by atoms with Gasteiger partial charge < -0.3 is 14.9 Å². The molecule has 172 valence electrons. The largest absolute Gasteiger partial charge is 0.462 e. The van der Waals surface area contributed by atoms with Gasteiger partial charge in [0.2, 0.25) is 0 Å². The molecule has 3 unspecified atom stereocenters. The van der Waals surface area contributed by atoms with Gasteiger partial charge in [0.25, 0.3) is 0 Å². The van der Waals surface area contributed by atoms with E-state index in [0.29, 0.717) is 36.0 Å². The number of aliphatic hydroxyl groups is 2. The fraction of sp³-hybridized carbons (Fsp3) is 0.741. The Kier molecular flexibility index (Phi) is 6.26. The lowest BCUT2D eigenvalue weighted by Gasteiger charge is -2.44. The summed E-state index contributed by atoms with van der Waals surface area (Å²) in [4.78, 5) is 11.8. The second-order valence-electron chi connectivity index (χ2n) is 11.2. The van der Waals surface area contributed by atoms with Gasteiger partial charge in [-0.15, -0.1) is 0 Å². The third kappa shape index (κ3) is 4.57. The van der Waals surface area contributed by atoms with E-state index in [9.17, 15) is 15.0 Å². The van der Waals surface area contributed by atoms with E-state index in [4.69, 9.17) is 4.74 Å². The molecule has 1 heterocycles. The van der Waals surface area contributed by atoms with Gasteiger partial charge in [-0.05, 0) is 80.1 Å². The molecule has 3 aliphatic carbocycles. The topological polar surface area (TPSA) is 66.8 Å². The third-order valence-electron chi connectivity index (χ3n) is 8.91. The molecule has 6 atom stereocenters. The summed E-state index contributed by atoms with van der Waals surface area (Å²) in [7, 11) is 0. The third-order valence-corrected chi connectivity index (χ3v) is 8.91. The van der Waals surface area contributed by atoms with Crippen LogP contribution in [0.15, 0.2) is 35.5 Å². The number of esters is 1. The fourth-order valence-electron chi connectivity index (χ4n) is 7.17. The summed E-state index contributed by atoms with van der Waals surface area (Å²) in [6, 6.07) is 0. The van der Waals surface area contributed by atoms with Gasteiger partial charge in [-0.25, -0.2) is 0 Å². The molecule has 4 fully saturated rings. The number of hydrogen-bond donors (Lipinski definition) is 2. The first-order valence-corrected chi connectivity index (χ1v) is 12.3. The quantitative estimate of drug-likeness (QED) is 0.461. The van der Waals surface area contributed by atoms with Crippen LogP contribution in [0.25, 0.3) is 0 Å². The summed E-state index contributed by atoms with van der Waals surface area (Å²) in [5.41, 5.74) is 3.84. The van der Waals surface area contributed by atoms with Crippen LogP contribution < -0.4 is 0 Å². The summed E-state index contributed by atoms with van der Waals surface area (Å²) < 4.78 is 5.62. The first-order valence-electron chi connectivity index (χ1n) is 12.3. The minimum Gasteiger partial charge on any atom is -0.462 e. The van der Waals surface area contributed by atoms with E-state index in [2.05, 4.69) is 32.6 Å². The van der Waals surface area contributed by atoms with Crippen molar-refractivity contribution in [1.82, 2.24) is 0 Å². The van der Waals surface area contributed by atoms with Crippen molar-refractivity contribution in [2.45, 2.75) is 96.9 Å². The lowest BCUT2D eigenvalue weighted by atomic mass is 9.60. The molecule has 1 saturated heterocycles. The zero-order valence-electron chi connectivity index (χ0n) is 19.5. The maximum atomic E-state index is 11.8. The molecule has 4 nitrogen and oxygen atoms in total. The van der Waals surface area contributed by atoms with Crippen LogP contribution in [0.1, 0.15) is 85.0 Å². The van der Waals surface area contributed by atoms with Gasteiger partial charge in [0.15, 0.2) is 5.79 Å². The molecule has 0 bridgehead atoms. The standard InChI is InChI=1S/C27H40O4/c1-17-11-13-27(29,30)16-21(17)8-7-20-6-5-12-26(4)23(9-10-24(20)26)18(2)14-22-15-19(3)25(28)31-22/h7-8,18-19,22-24,29-30H,1,5-6,9-16H2,2-4H3/b20-7?,21-8-/t18-,19?,22?,23-,24?,26-/m1/s1. The average Bonchev–Trinajstić information content (AvgIpc) is 3.21. The molecule has 3 saturated carbocycles. The molecule has 2 N–H and O–H groups in total. The number of ether oxygens (including phenoxy) is 1. The van der Waals surface area contributed by atoms with Crippen LogP contribution in [0.3, 0.4) is 0 Å². The van der Waals surface area contributed by atoms with E-state index in [1.165, 1.54) is 31.3 Å². The predicted octanol–water partition coefficient (Wildman–Crippen LogP) is 5.45. The highest BCUT2D eigenvalue weighted by Gasteiger charge is 2.51. The number of carbonyl (C=O) groups excluding carboxylic acids is 1. The fourth-order valence-corrected chi connectivity index (χ4v) is 7.17. The van der Waals surface area contributed by atoms with E-state index in [0.717, 1.165) is 30.4 Å². The summed E-state index contributed by atoms with van der Waals surface area (Å²) in [6.07, 6.45) is 13.7. The van der Waals surface area contributed by atoms with Gasteiger partial charge in [-0.2, -0.15) is 0 Å². The lowest BCUT2D eigenvalue weighted by Crippen LogP contribution is -2.36. The predicted molar refractivity (Wildman–Crippen MR) is 122 cm³/mol. The van der Waals surface area contributed by atoms with Gasteiger partial charge in [-0.1, -0.05) is 50.6 Å². The molecule has 1 aliphatic heterocycles. The zero-order chi connectivity index (χ0) is 22.4. The smallest absolute Gasteiger partial charge is 0.309 e. The molecule has 0 aromatic rings.